The minimum atomic E-state index is -1.61. The summed E-state index contributed by atoms with van der Waals surface area (Å²) >= 11 is 0. The van der Waals surface area contributed by atoms with Gasteiger partial charge in [0, 0.05) is 33.3 Å². The fourth-order valence-electron chi connectivity index (χ4n) is 2.74. The Labute approximate surface area is 201 Å². The third kappa shape index (κ3) is 6.23. The fourth-order valence-corrected chi connectivity index (χ4v) is 3.88. The Morgan fingerprint density at radius 1 is 1.22 bits per heavy atom. The van der Waals surface area contributed by atoms with Crippen molar-refractivity contribution in [1.82, 2.24) is 4.98 Å². The topological polar surface area (TPSA) is 58.4 Å². The molecule has 0 bridgehead atoms. The molecule has 1 aromatic carbocycles. The van der Waals surface area contributed by atoms with Gasteiger partial charge < -0.3 is 9.67 Å². The van der Waals surface area contributed by atoms with Crippen molar-refractivity contribution < 1.29 is 43.4 Å². The van der Waals surface area contributed by atoms with Gasteiger partial charge in [-0.1, -0.05) is 48.6 Å². The van der Waals surface area contributed by atoms with Crippen molar-refractivity contribution in [2.24, 2.45) is 0 Å². The van der Waals surface area contributed by atoms with Crippen LogP contribution in [0.4, 0.5) is 14.5 Å². The molecule has 0 spiro atoms. The zero-order valence-corrected chi connectivity index (χ0v) is 21.2. The molecule has 0 saturated heterocycles. The molecule has 32 heavy (non-hydrogen) atoms. The second-order valence-electron chi connectivity index (χ2n) is 7.71. The number of benzene rings is 1. The standard InChI is InChI=1S/C17H17F2N2Si.C6H5NO2.Ir/c1-11-9-13(18)17(20-2)16(19)15(11)14-10-12(22(4,5)6)7-8-21(14)3;8-6(9)5-3-1-2-4-7-5;/h7-10H,1,3H2,4-6H3;1-4H,(H,8,9);/q-1;;. The van der Waals surface area contributed by atoms with Gasteiger partial charge in [-0.05, 0) is 12.1 Å². The Kier molecular flexibility index (Phi) is 9.28. The SMILES string of the molecule is O=C(O)c1ccccn1.[C-]#[N+]c1c(F)cc([CH2-])c(-c2cc([Si](C)(C)C)cc[n+]2[CH2-])c1F.[Ir]. The van der Waals surface area contributed by atoms with E-state index < -0.39 is 31.4 Å². The molecule has 2 heterocycles. The van der Waals surface area contributed by atoms with Gasteiger partial charge in [0.15, 0.2) is 0 Å². The second-order valence-corrected chi connectivity index (χ2v) is 12.8. The van der Waals surface area contributed by atoms with Gasteiger partial charge in [-0.15, -0.1) is 6.07 Å². The molecule has 0 aliphatic heterocycles. The van der Waals surface area contributed by atoms with Gasteiger partial charge in [0.2, 0.25) is 5.69 Å². The molecular weight excluding hydrogens is 609 g/mol. The molecular formula is C23H22F2IrN3O2Si-. The van der Waals surface area contributed by atoms with Crippen LogP contribution in [0.15, 0.2) is 48.8 Å². The van der Waals surface area contributed by atoms with E-state index in [-0.39, 0.29) is 36.9 Å². The van der Waals surface area contributed by atoms with E-state index in [1.165, 1.54) is 16.8 Å². The molecule has 1 N–H and O–H groups in total. The van der Waals surface area contributed by atoms with E-state index in [0.717, 1.165) is 11.3 Å². The Hall–Kier alpha value is -3.05. The van der Waals surface area contributed by atoms with Crippen molar-refractivity contribution in [3.8, 4) is 11.3 Å². The molecule has 0 atom stereocenters. The van der Waals surface area contributed by atoms with E-state index in [9.17, 15) is 13.6 Å². The predicted octanol–water partition coefficient (Wildman–Crippen LogP) is 4.61. The van der Waals surface area contributed by atoms with Gasteiger partial charge in [0.25, 0.3) is 0 Å². The zero-order chi connectivity index (χ0) is 23.3. The largest absolute Gasteiger partial charge is 0.477 e. The molecule has 0 unspecified atom stereocenters. The Morgan fingerprint density at radius 3 is 2.34 bits per heavy atom. The number of rotatable bonds is 3. The summed E-state index contributed by atoms with van der Waals surface area (Å²) < 4.78 is 29.7. The van der Waals surface area contributed by atoms with Crippen LogP contribution in [0.3, 0.4) is 0 Å². The van der Waals surface area contributed by atoms with E-state index in [2.05, 4.69) is 43.4 Å². The molecule has 9 heteroatoms. The Morgan fingerprint density at radius 2 is 1.88 bits per heavy atom. The van der Waals surface area contributed by atoms with E-state index in [4.69, 9.17) is 11.7 Å². The summed E-state index contributed by atoms with van der Waals surface area (Å²) in [5, 5.41) is 9.44. The molecule has 2 aromatic heterocycles. The van der Waals surface area contributed by atoms with Crippen LogP contribution in [-0.2, 0) is 20.1 Å². The number of aromatic nitrogens is 2. The number of carboxylic acid groups (broad SMARTS) is 1. The molecule has 0 aliphatic carbocycles. The fraction of sp³-hybridized carbons (Fsp3) is 0.130. The van der Waals surface area contributed by atoms with Crippen molar-refractivity contribution in [3.05, 3.63) is 97.1 Å². The molecule has 169 valence electrons. The second kappa shape index (κ2) is 11.0. The number of hydrogen-bond donors (Lipinski definition) is 1. The summed E-state index contributed by atoms with van der Waals surface area (Å²) in [6.07, 6.45) is 3.20. The average Bonchev–Trinajstić information content (AvgIpc) is 2.69. The van der Waals surface area contributed by atoms with E-state index in [1.54, 1.807) is 18.3 Å². The van der Waals surface area contributed by atoms with Gasteiger partial charge in [-0.2, -0.15) is 12.5 Å². The number of aromatic carboxylic acids is 1. The Balaban J connectivity index is 0.000000431. The van der Waals surface area contributed by atoms with Crippen LogP contribution in [0.2, 0.25) is 19.6 Å². The average molecular weight is 631 g/mol. The molecule has 0 fully saturated rings. The summed E-state index contributed by atoms with van der Waals surface area (Å²) in [6, 6.07) is 9.67. The van der Waals surface area contributed by atoms with Gasteiger partial charge in [-0.3, -0.25) is 0 Å². The van der Waals surface area contributed by atoms with Gasteiger partial charge in [-0.25, -0.2) is 23.4 Å². The van der Waals surface area contributed by atoms with Gasteiger partial charge in [0.1, 0.15) is 5.69 Å². The maximum atomic E-state index is 14.6. The van der Waals surface area contributed by atoms with Crippen LogP contribution in [0, 0.1) is 32.2 Å². The Bertz CT molecular complexity index is 1160. The molecule has 5 nitrogen and oxygen atoms in total. The number of halogens is 2. The van der Waals surface area contributed by atoms with E-state index in [1.807, 2.05) is 12.1 Å². The van der Waals surface area contributed by atoms with Crippen molar-refractivity contribution >= 4 is 24.9 Å². The zero-order valence-electron chi connectivity index (χ0n) is 17.8. The third-order valence-electron chi connectivity index (χ3n) is 4.43. The number of pyridine rings is 2. The molecule has 0 saturated carbocycles. The molecule has 3 rings (SSSR count). The minimum Gasteiger partial charge on any atom is -0.477 e. The smallest absolute Gasteiger partial charge is 0.354 e. The minimum absolute atomic E-state index is 0. The summed E-state index contributed by atoms with van der Waals surface area (Å²) in [7, 11) is 2.24. The first-order valence-corrected chi connectivity index (χ1v) is 12.7. The predicted molar refractivity (Wildman–Crippen MR) is 118 cm³/mol. The number of carbonyl (C=O) groups is 1. The summed E-state index contributed by atoms with van der Waals surface area (Å²) in [4.78, 5) is 16.7. The van der Waals surface area contributed by atoms with E-state index >= 15 is 0 Å². The first kappa shape index (κ1) is 27.0. The van der Waals surface area contributed by atoms with Crippen LogP contribution in [-0.4, -0.2) is 24.1 Å². The summed E-state index contributed by atoms with van der Waals surface area (Å²) in [5.41, 5.74) is 0.292. The van der Waals surface area contributed by atoms with Crippen LogP contribution >= 0.6 is 0 Å². The van der Waals surface area contributed by atoms with Crippen molar-refractivity contribution in [2.75, 3.05) is 0 Å². The molecule has 3 aromatic rings. The summed E-state index contributed by atoms with van der Waals surface area (Å²) in [6.45, 7) is 17.2. The quantitative estimate of drug-likeness (QED) is 0.261. The summed E-state index contributed by atoms with van der Waals surface area (Å²) in [5.74, 6) is -2.76. The first-order chi connectivity index (χ1) is 14.5. The van der Waals surface area contributed by atoms with Crippen LogP contribution in [0.1, 0.15) is 16.1 Å². The van der Waals surface area contributed by atoms with Crippen LogP contribution < -0.4 is 9.75 Å². The monoisotopic (exact) mass is 631 g/mol. The van der Waals surface area contributed by atoms with Gasteiger partial charge in [0.05, 0.1) is 38.2 Å². The third-order valence-corrected chi connectivity index (χ3v) is 6.47. The number of carboxylic acids is 1. The number of hydrogen-bond acceptors (Lipinski definition) is 2. The molecule has 0 aliphatic rings. The van der Waals surface area contributed by atoms with Crippen molar-refractivity contribution in [3.63, 3.8) is 0 Å². The molecule has 1 radical (unpaired) electrons. The maximum absolute atomic E-state index is 14.6. The van der Waals surface area contributed by atoms with Crippen LogP contribution in [0.25, 0.3) is 16.1 Å². The van der Waals surface area contributed by atoms with Gasteiger partial charge >= 0.3 is 5.97 Å². The van der Waals surface area contributed by atoms with Crippen LogP contribution in [0.5, 0.6) is 0 Å². The van der Waals surface area contributed by atoms with E-state index in [0.29, 0.717) is 5.69 Å². The number of nitrogens with zero attached hydrogens (tertiary/aromatic N) is 3. The molecule has 0 amide bonds. The van der Waals surface area contributed by atoms with Crippen molar-refractivity contribution in [2.45, 2.75) is 19.6 Å². The maximum Gasteiger partial charge on any atom is 0.354 e. The first-order valence-electron chi connectivity index (χ1n) is 9.20. The van der Waals surface area contributed by atoms with Crippen molar-refractivity contribution in [1.29, 1.82) is 0 Å². The normalized spacial score (nSPS) is 10.2.